The van der Waals surface area contributed by atoms with E-state index in [9.17, 15) is 15.0 Å². The Hall–Kier alpha value is -2.37. The van der Waals surface area contributed by atoms with Gasteiger partial charge < -0.3 is 25.6 Å². The molecule has 0 aromatic carbocycles. The number of allylic oxidation sites excluding steroid dienone is 5. The highest BCUT2D eigenvalue weighted by molar-refractivity contribution is 5.76. The maximum atomic E-state index is 12.2. The number of hydrogen-bond acceptors (Lipinski definition) is 5. The molecule has 2 unspecified atom stereocenters. The molecule has 0 saturated heterocycles. The van der Waals surface area contributed by atoms with E-state index in [1.54, 1.807) is 6.08 Å². The molecular weight excluding hydrogens is 320 g/mol. The molecule has 0 bridgehead atoms. The number of aliphatic hydroxyl groups excluding tert-OH is 2. The molecule has 0 spiro atoms. The van der Waals surface area contributed by atoms with Gasteiger partial charge in [0.05, 0.1) is 12.9 Å². The van der Waals surface area contributed by atoms with Crippen molar-refractivity contribution in [3.8, 4) is 0 Å². The minimum atomic E-state index is 0.00804. The van der Waals surface area contributed by atoms with Crippen LogP contribution in [0.5, 0.6) is 0 Å². The lowest BCUT2D eigenvalue weighted by molar-refractivity contribution is -0.121. The lowest BCUT2D eigenvalue weighted by Crippen LogP contribution is -2.28. The second-order valence-electron chi connectivity index (χ2n) is 6.81. The SMILES string of the molecule is COC1=CC(CC(=O)NCCC2CNC3=C2C=C(O)CC3)CC=C1O. The summed E-state index contributed by atoms with van der Waals surface area (Å²) in [5, 5.41) is 25.7. The lowest BCUT2D eigenvalue weighted by Gasteiger charge is -2.18. The molecule has 6 heteroatoms. The number of nitrogens with one attached hydrogen (secondary N) is 2. The van der Waals surface area contributed by atoms with Crippen molar-refractivity contribution in [3.63, 3.8) is 0 Å². The van der Waals surface area contributed by atoms with Gasteiger partial charge in [-0.3, -0.25) is 4.79 Å². The Morgan fingerprint density at radius 2 is 2.24 bits per heavy atom. The van der Waals surface area contributed by atoms with Gasteiger partial charge in [-0.2, -0.15) is 0 Å². The van der Waals surface area contributed by atoms with E-state index < -0.39 is 0 Å². The fraction of sp³-hybridized carbons (Fsp3) is 0.526. The van der Waals surface area contributed by atoms with Crippen LogP contribution < -0.4 is 10.6 Å². The molecule has 0 fully saturated rings. The van der Waals surface area contributed by atoms with Crippen LogP contribution >= 0.6 is 0 Å². The molecule has 0 saturated carbocycles. The molecule has 2 atom stereocenters. The Morgan fingerprint density at radius 1 is 1.40 bits per heavy atom. The zero-order chi connectivity index (χ0) is 17.8. The number of ether oxygens (including phenoxy) is 1. The number of carbonyl (C=O) groups is 1. The van der Waals surface area contributed by atoms with Gasteiger partial charge in [0.25, 0.3) is 0 Å². The molecule has 25 heavy (non-hydrogen) atoms. The van der Waals surface area contributed by atoms with Gasteiger partial charge in [-0.15, -0.1) is 0 Å². The first-order valence-electron chi connectivity index (χ1n) is 8.85. The van der Waals surface area contributed by atoms with Crippen molar-refractivity contribution < 1.29 is 19.7 Å². The van der Waals surface area contributed by atoms with Crippen LogP contribution in [-0.4, -0.2) is 36.3 Å². The fourth-order valence-corrected chi connectivity index (χ4v) is 3.65. The molecule has 0 aromatic heterocycles. The van der Waals surface area contributed by atoms with Gasteiger partial charge in [0.1, 0.15) is 0 Å². The first-order valence-corrected chi connectivity index (χ1v) is 8.85. The molecule has 0 radical (unpaired) electrons. The average molecular weight is 346 g/mol. The highest BCUT2D eigenvalue weighted by atomic mass is 16.5. The van der Waals surface area contributed by atoms with Crippen LogP contribution in [0.3, 0.4) is 0 Å². The topological polar surface area (TPSA) is 90.8 Å². The first kappa shape index (κ1) is 17.5. The normalized spacial score (nSPS) is 25.4. The number of methoxy groups -OCH3 is 1. The summed E-state index contributed by atoms with van der Waals surface area (Å²) in [7, 11) is 1.51. The number of rotatable bonds is 6. The minimum Gasteiger partial charge on any atom is -0.512 e. The second kappa shape index (κ2) is 7.68. The van der Waals surface area contributed by atoms with E-state index in [4.69, 9.17) is 4.74 Å². The quantitative estimate of drug-likeness (QED) is 0.593. The predicted octanol–water partition coefficient (Wildman–Crippen LogP) is 2.58. The Morgan fingerprint density at radius 3 is 3.04 bits per heavy atom. The summed E-state index contributed by atoms with van der Waals surface area (Å²) < 4.78 is 5.10. The molecule has 2 aliphatic carbocycles. The van der Waals surface area contributed by atoms with Crippen molar-refractivity contribution in [1.29, 1.82) is 0 Å². The van der Waals surface area contributed by atoms with E-state index in [-0.39, 0.29) is 17.6 Å². The molecule has 136 valence electrons. The van der Waals surface area contributed by atoms with Crippen molar-refractivity contribution in [2.24, 2.45) is 11.8 Å². The Kier molecular flexibility index (Phi) is 5.36. The summed E-state index contributed by atoms with van der Waals surface area (Å²) in [6.45, 7) is 1.49. The summed E-state index contributed by atoms with van der Waals surface area (Å²) in [6, 6.07) is 0. The van der Waals surface area contributed by atoms with Gasteiger partial charge in [-0.1, -0.05) is 0 Å². The number of aliphatic hydroxyl groups is 2. The van der Waals surface area contributed by atoms with Crippen LogP contribution in [0.4, 0.5) is 0 Å². The van der Waals surface area contributed by atoms with E-state index in [2.05, 4.69) is 10.6 Å². The van der Waals surface area contributed by atoms with E-state index in [0.717, 1.165) is 19.4 Å². The molecule has 3 rings (SSSR count). The zero-order valence-electron chi connectivity index (χ0n) is 14.5. The fourth-order valence-electron chi connectivity index (χ4n) is 3.65. The highest BCUT2D eigenvalue weighted by Gasteiger charge is 2.26. The number of carbonyl (C=O) groups excluding carboxylic acids is 1. The number of hydrogen-bond donors (Lipinski definition) is 4. The van der Waals surface area contributed by atoms with E-state index >= 15 is 0 Å². The van der Waals surface area contributed by atoms with Crippen LogP contribution in [0.25, 0.3) is 0 Å². The van der Waals surface area contributed by atoms with Crippen LogP contribution in [0.15, 0.2) is 46.8 Å². The monoisotopic (exact) mass is 346 g/mol. The third-order valence-electron chi connectivity index (χ3n) is 5.04. The minimum absolute atomic E-state index is 0.00804. The summed E-state index contributed by atoms with van der Waals surface area (Å²) >= 11 is 0. The lowest BCUT2D eigenvalue weighted by atomic mass is 9.92. The Balaban J connectivity index is 1.43. The van der Waals surface area contributed by atoms with Gasteiger partial charge in [-0.05, 0) is 49.0 Å². The average Bonchev–Trinajstić information content (AvgIpc) is 2.99. The zero-order valence-corrected chi connectivity index (χ0v) is 14.5. The van der Waals surface area contributed by atoms with Crippen molar-refractivity contribution >= 4 is 5.91 Å². The molecule has 1 amide bonds. The van der Waals surface area contributed by atoms with Crippen molar-refractivity contribution in [1.82, 2.24) is 10.6 Å². The first-order chi connectivity index (χ1) is 12.1. The largest absolute Gasteiger partial charge is 0.512 e. The van der Waals surface area contributed by atoms with Crippen LogP contribution in [-0.2, 0) is 9.53 Å². The Bertz CT molecular complexity index is 660. The summed E-state index contributed by atoms with van der Waals surface area (Å²) in [5.41, 5.74) is 2.43. The van der Waals surface area contributed by atoms with Crippen molar-refractivity contribution in [2.75, 3.05) is 20.2 Å². The molecule has 1 heterocycles. The maximum absolute atomic E-state index is 12.2. The van der Waals surface area contributed by atoms with Crippen LogP contribution in [0.1, 0.15) is 32.1 Å². The van der Waals surface area contributed by atoms with Gasteiger partial charge in [0.2, 0.25) is 5.91 Å². The second-order valence-corrected chi connectivity index (χ2v) is 6.81. The highest BCUT2D eigenvalue weighted by Crippen LogP contribution is 2.32. The third kappa shape index (κ3) is 4.18. The van der Waals surface area contributed by atoms with Gasteiger partial charge in [0, 0.05) is 37.5 Å². The van der Waals surface area contributed by atoms with E-state index in [1.807, 2.05) is 12.2 Å². The molecule has 1 aliphatic heterocycles. The molecule has 4 N–H and O–H groups in total. The molecule has 6 nitrogen and oxygen atoms in total. The molecular formula is C19H26N2O4. The summed E-state index contributed by atoms with van der Waals surface area (Å²) in [5.74, 6) is 1.42. The predicted molar refractivity (Wildman–Crippen MR) is 94.6 cm³/mol. The van der Waals surface area contributed by atoms with E-state index in [1.165, 1.54) is 18.4 Å². The van der Waals surface area contributed by atoms with Crippen LogP contribution in [0.2, 0.25) is 0 Å². The summed E-state index contributed by atoms with van der Waals surface area (Å²) in [4.78, 5) is 12.2. The molecule has 3 aliphatic rings. The number of amides is 1. The van der Waals surface area contributed by atoms with Gasteiger partial charge in [-0.25, -0.2) is 0 Å². The standard InChI is InChI=1S/C19H26N2O4/c1-25-18-8-12(2-5-17(18)23)9-19(24)20-7-6-13-11-21-16-4-3-14(22)10-15(13)16/h5,8,10,12-13,21-23H,2-4,6-7,9,11H2,1H3,(H,20,24). The van der Waals surface area contributed by atoms with Crippen LogP contribution in [0, 0.1) is 11.8 Å². The Labute approximate surface area is 147 Å². The maximum Gasteiger partial charge on any atom is 0.220 e. The molecule has 0 aromatic rings. The van der Waals surface area contributed by atoms with Gasteiger partial charge >= 0.3 is 0 Å². The van der Waals surface area contributed by atoms with Crippen molar-refractivity contribution in [3.05, 3.63) is 46.8 Å². The van der Waals surface area contributed by atoms with Crippen molar-refractivity contribution in [2.45, 2.75) is 32.1 Å². The van der Waals surface area contributed by atoms with Gasteiger partial charge in [0.15, 0.2) is 11.5 Å². The smallest absolute Gasteiger partial charge is 0.220 e. The van der Waals surface area contributed by atoms with E-state index in [0.29, 0.717) is 43.2 Å². The third-order valence-corrected chi connectivity index (χ3v) is 5.04. The summed E-state index contributed by atoms with van der Waals surface area (Å²) in [6.07, 6.45) is 8.83.